The van der Waals surface area contributed by atoms with Gasteiger partial charge in [0, 0.05) is 6.54 Å². The molecule has 1 aromatic rings. The highest BCUT2D eigenvalue weighted by atomic mass is 32.1. The molecule has 1 aromatic heterocycles. The molecule has 13 heavy (non-hydrogen) atoms. The molecule has 0 radical (unpaired) electrons. The van der Waals surface area contributed by atoms with Gasteiger partial charge >= 0.3 is 0 Å². The summed E-state index contributed by atoms with van der Waals surface area (Å²) in [4.78, 5) is 0. The first kappa shape index (κ1) is 8.94. The van der Waals surface area contributed by atoms with Crippen LogP contribution in [0.15, 0.2) is 6.33 Å². The molecule has 0 atom stereocenters. The van der Waals surface area contributed by atoms with Crippen molar-refractivity contribution in [3.05, 3.63) is 11.1 Å². The van der Waals surface area contributed by atoms with Crippen LogP contribution >= 0.6 is 12.2 Å². The summed E-state index contributed by atoms with van der Waals surface area (Å²) in [6.45, 7) is 3.36. The summed E-state index contributed by atoms with van der Waals surface area (Å²) in [7, 11) is 0. The lowest BCUT2D eigenvalue weighted by atomic mass is 9.89. The first-order valence-electron chi connectivity index (χ1n) is 4.79. The van der Waals surface area contributed by atoms with Gasteiger partial charge in [0.1, 0.15) is 6.33 Å². The van der Waals surface area contributed by atoms with E-state index < -0.39 is 0 Å². The predicted molar refractivity (Wildman–Crippen MR) is 54.0 cm³/mol. The standard InChI is InChI=1S/C9H15N3S/c1-9(4-2-3-5-9)6-12-7-10-11-8(12)13/h7H,2-6H2,1H3,(H,11,13). The number of H-pyrrole nitrogens is 1. The molecular weight excluding hydrogens is 182 g/mol. The zero-order valence-corrected chi connectivity index (χ0v) is 8.73. The van der Waals surface area contributed by atoms with Gasteiger partial charge in [0.2, 0.25) is 0 Å². The largest absolute Gasteiger partial charge is 0.306 e. The Labute approximate surface area is 83.2 Å². The summed E-state index contributed by atoms with van der Waals surface area (Å²) in [6.07, 6.45) is 7.16. The maximum Gasteiger partial charge on any atom is 0.194 e. The average molecular weight is 197 g/mol. The fraction of sp³-hybridized carbons (Fsp3) is 0.778. The highest BCUT2D eigenvalue weighted by molar-refractivity contribution is 7.71. The lowest BCUT2D eigenvalue weighted by molar-refractivity contribution is 0.280. The van der Waals surface area contributed by atoms with E-state index >= 15 is 0 Å². The highest BCUT2D eigenvalue weighted by Gasteiger charge is 2.28. The summed E-state index contributed by atoms with van der Waals surface area (Å²) in [5.74, 6) is 0. The summed E-state index contributed by atoms with van der Waals surface area (Å²) in [5.41, 5.74) is 0.447. The molecule has 0 saturated heterocycles. The molecule has 1 fully saturated rings. The van der Waals surface area contributed by atoms with Crippen LogP contribution in [0, 0.1) is 10.2 Å². The fourth-order valence-electron chi connectivity index (χ4n) is 2.18. The van der Waals surface area contributed by atoms with Crippen LogP contribution in [-0.2, 0) is 6.54 Å². The maximum atomic E-state index is 5.11. The molecular formula is C9H15N3S. The average Bonchev–Trinajstić information content (AvgIpc) is 2.64. The third-order valence-corrected chi connectivity index (χ3v) is 3.31. The van der Waals surface area contributed by atoms with Crippen LogP contribution in [-0.4, -0.2) is 14.8 Å². The Balaban J connectivity index is 2.13. The molecule has 0 unspecified atom stereocenters. The Bertz CT molecular complexity index is 333. The first-order valence-corrected chi connectivity index (χ1v) is 5.20. The Morgan fingerprint density at radius 1 is 1.62 bits per heavy atom. The van der Waals surface area contributed by atoms with Crippen molar-refractivity contribution in [2.24, 2.45) is 5.41 Å². The van der Waals surface area contributed by atoms with Crippen molar-refractivity contribution >= 4 is 12.2 Å². The molecule has 1 heterocycles. The van der Waals surface area contributed by atoms with Crippen molar-refractivity contribution in [2.45, 2.75) is 39.2 Å². The fourth-order valence-corrected chi connectivity index (χ4v) is 2.35. The molecule has 0 spiro atoms. The second kappa shape index (κ2) is 3.25. The Hall–Kier alpha value is -0.640. The summed E-state index contributed by atoms with van der Waals surface area (Å²) < 4.78 is 2.79. The van der Waals surface area contributed by atoms with Gasteiger partial charge in [0.15, 0.2) is 4.77 Å². The summed E-state index contributed by atoms with van der Waals surface area (Å²) in [6, 6.07) is 0. The van der Waals surface area contributed by atoms with Crippen LogP contribution in [0.3, 0.4) is 0 Å². The van der Waals surface area contributed by atoms with Crippen LogP contribution in [0.1, 0.15) is 32.6 Å². The number of nitrogens with zero attached hydrogens (tertiary/aromatic N) is 2. The van der Waals surface area contributed by atoms with Crippen molar-refractivity contribution in [1.29, 1.82) is 0 Å². The SMILES string of the molecule is CC1(Cn2cn[nH]c2=S)CCCC1. The van der Waals surface area contributed by atoms with Crippen molar-refractivity contribution in [3.8, 4) is 0 Å². The van der Waals surface area contributed by atoms with Crippen LogP contribution in [0.2, 0.25) is 0 Å². The Kier molecular flexibility index (Phi) is 2.24. The van der Waals surface area contributed by atoms with E-state index in [1.807, 2.05) is 4.57 Å². The van der Waals surface area contributed by atoms with Crippen molar-refractivity contribution in [3.63, 3.8) is 0 Å². The third kappa shape index (κ3) is 1.82. The molecule has 0 bridgehead atoms. The van der Waals surface area contributed by atoms with E-state index in [4.69, 9.17) is 12.2 Å². The van der Waals surface area contributed by atoms with E-state index in [0.717, 1.165) is 11.3 Å². The number of hydrogen-bond acceptors (Lipinski definition) is 2. The van der Waals surface area contributed by atoms with Crippen LogP contribution in [0.5, 0.6) is 0 Å². The van der Waals surface area contributed by atoms with E-state index in [2.05, 4.69) is 17.1 Å². The number of aromatic nitrogens is 3. The molecule has 72 valence electrons. The molecule has 0 aliphatic heterocycles. The highest BCUT2D eigenvalue weighted by Crippen LogP contribution is 2.38. The molecule has 1 saturated carbocycles. The lowest BCUT2D eigenvalue weighted by Crippen LogP contribution is -2.19. The van der Waals surface area contributed by atoms with E-state index in [9.17, 15) is 0 Å². The number of hydrogen-bond donors (Lipinski definition) is 1. The molecule has 4 heteroatoms. The maximum absolute atomic E-state index is 5.11. The number of aromatic amines is 1. The molecule has 3 nitrogen and oxygen atoms in total. The minimum Gasteiger partial charge on any atom is -0.306 e. The minimum atomic E-state index is 0.447. The zero-order chi connectivity index (χ0) is 9.31. The first-order chi connectivity index (χ1) is 6.20. The number of nitrogens with one attached hydrogen (secondary N) is 1. The van der Waals surface area contributed by atoms with Crippen molar-refractivity contribution in [1.82, 2.24) is 14.8 Å². The van der Waals surface area contributed by atoms with E-state index in [-0.39, 0.29) is 0 Å². The molecule has 2 rings (SSSR count). The smallest absolute Gasteiger partial charge is 0.194 e. The van der Waals surface area contributed by atoms with Gasteiger partial charge in [-0.15, -0.1) is 0 Å². The lowest BCUT2D eigenvalue weighted by Gasteiger charge is -2.23. The predicted octanol–water partition coefficient (Wildman–Crippen LogP) is 2.52. The van der Waals surface area contributed by atoms with Gasteiger partial charge in [-0.2, -0.15) is 5.10 Å². The van der Waals surface area contributed by atoms with E-state index in [0.29, 0.717) is 5.41 Å². The molecule has 0 aromatic carbocycles. The van der Waals surface area contributed by atoms with E-state index in [1.54, 1.807) is 6.33 Å². The van der Waals surface area contributed by atoms with Gasteiger partial charge in [0.05, 0.1) is 0 Å². The number of rotatable bonds is 2. The normalized spacial score (nSPS) is 20.7. The van der Waals surface area contributed by atoms with Gasteiger partial charge in [-0.25, -0.2) is 0 Å². The molecule has 1 N–H and O–H groups in total. The Morgan fingerprint density at radius 3 is 2.85 bits per heavy atom. The van der Waals surface area contributed by atoms with Gasteiger partial charge in [-0.05, 0) is 30.5 Å². The van der Waals surface area contributed by atoms with Crippen LogP contribution < -0.4 is 0 Å². The van der Waals surface area contributed by atoms with Gasteiger partial charge < -0.3 is 4.57 Å². The Morgan fingerprint density at radius 2 is 2.31 bits per heavy atom. The third-order valence-electron chi connectivity index (χ3n) is 2.98. The quantitative estimate of drug-likeness (QED) is 0.739. The van der Waals surface area contributed by atoms with Crippen molar-refractivity contribution in [2.75, 3.05) is 0 Å². The zero-order valence-electron chi connectivity index (χ0n) is 7.92. The minimum absolute atomic E-state index is 0.447. The molecule has 0 amide bonds. The molecule has 1 aliphatic rings. The topological polar surface area (TPSA) is 33.6 Å². The van der Waals surface area contributed by atoms with Gasteiger partial charge in [0.25, 0.3) is 0 Å². The second-order valence-corrected chi connectivity index (χ2v) is 4.69. The van der Waals surface area contributed by atoms with Crippen molar-refractivity contribution < 1.29 is 0 Å². The van der Waals surface area contributed by atoms with E-state index in [1.165, 1.54) is 25.7 Å². The van der Waals surface area contributed by atoms with Gasteiger partial charge in [-0.3, -0.25) is 5.10 Å². The monoisotopic (exact) mass is 197 g/mol. The molecule has 1 aliphatic carbocycles. The van der Waals surface area contributed by atoms with Crippen LogP contribution in [0.25, 0.3) is 0 Å². The second-order valence-electron chi connectivity index (χ2n) is 4.31. The summed E-state index contributed by atoms with van der Waals surface area (Å²) >= 11 is 5.11. The summed E-state index contributed by atoms with van der Waals surface area (Å²) in [5, 5.41) is 6.72. The van der Waals surface area contributed by atoms with Gasteiger partial charge in [-0.1, -0.05) is 19.8 Å². The van der Waals surface area contributed by atoms with Crippen LogP contribution in [0.4, 0.5) is 0 Å².